The van der Waals surface area contributed by atoms with E-state index in [0.717, 1.165) is 5.56 Å². The summed E-state index contributed by atoms with van der Waals surface area (Å²) in [5, 5.41) is 11.5. The summed E-state index contributed by atoms with van der Waals surface area (Å²) in [6.45, 7) is 0. The minimum atomic E-state index is -0.428. The van der Waals surface area contributed by atoms with Crippen molar-refractivity contribution < 1.29 is 5.11 Å². The van der Waals surface area contributed by atoms with E-state index in [1.807, 2.05) is 12.1 Å². The van der Waals surface area contributed by atoms with Gasteiger partial charge in [0, 0.05) is 16.5 Å². The highest BCUT2D eigenvalue weighted by Gasteiger charge is 2.14. The van der Waals surface area contributed by atoms with Crippen LogP contribution in [0.15, 0.2) is 36.4 Å². The van der Waals surface area contributed by atoms with E-state index in [2.05, 4.69) is 18.2 Å². The Morgan fingerprint density at radius 2 is 1.76 bits per heavy atom. The van der Waals surface area contributed by atoms with Crippen LogP contribution in [0.3, 0.4) is 0 Å². The summed E-state index contributed by atoms with van der Waals surface area (Å²) in [6, 6.07) is 12.0. The van der Waals surface area contributed by atoms with E-state index < -0.39 is 6.10 Å². The second-order valence-electron chi connectivity index (χ2n) is 5.75. The number of hydrogen-bond acceptors (Lipinski definition) is 1. The Kier molecular flexibility index (Phi) is 4.54. The lowest BCUT2D eigenvalue weighted by molar-refractivity contribution is 0.175. The highest BCUT2D eigenvalue weighted by molar-refractivity contribution is 6.35. The fourth-order valence-electron chi connectivity index (χ4n) is 3.04. The molecule has 21 heavy (non-hydrogen) atoms. The molecule has 0 heterocycles. The zero-order chi connectivity index (χ0) is 14.8. The average molecular weight is 321 g/mol. The number of hydrogen-bond donors (Lipinski definition) is 1. The van der Waals surface area contributed by atoms with E-state index in [4.69, 9.17) is 23.2 Å². The Labute approximate surface area is 135 Å². The van der Waals surface area contributed by atoms with Gasteiger partial charge in [0.25, 0.3) is 0 Å². The van der Waals surface area contributed by atoms with Crippen LogP contribution in [0.2, 0.25) is 10.0 Å². The lowest BCUT2D eigenvalue weighted by Crippen LogP contribution is -2.14. The highest BCUT2D eigenvalue weighted by atomic mass is 35.5. The molecule has 2 aromatic carbocycles. The fraction of sp³-hybridized carbons (Fsp3) is 0.333. The Bertz CT molecular complexity index is 652. The molecule has 2 aromatic rings. The molecule has 3 rings (SSSR count). The normalized spacial score (nSPS) is 15.0. The van der Waals surface area contributed by atoms with Crippen LogP contribution in [0.5, 0.6) is 0 Å². The number of halogens is 2. The molecule has 1 aliphatic rings. The third-order valence-corrected chi connectivity index (χ3v) is 4.69. The van der Waals surface area contributed by atoms with E-state index in [9.17, 15) is 5.11 Å². The monoisotopic (exact) mass is 320 g/mol. The molecule has 1 unspecified atom stereocenters. The van der Waals surface area contributed by atoms with Crippen LogP contribution in [-0.4, -0.2) is 11.2 Å². The first-order valence-corrected chi connectivity index (χ1v) is 8.10. The molecule has 110 valence electrons. The minimum absolute atomic E-state index is 0.428. The summed E-state index contributed by atoms with van der Waals surface area (Å²) in [5.41, 5.74) is 5.06. The maximum atomic E-state index is 10.3. The van der Waals surface area contributed by atoms with Crippen LogP contribution in [0.25, 0.3) is 0 Å². The molecule has 0 saturated heterocycles. The highest BCUT2D eigenvalue weighted by Crippen LogP contribution is 2.25. The summed E-state index contributed by atoms with van der Waals surface area (Å²) in [6.07, 6.45) is 4.39. The second kappa shape index (κ2) is 6.39. The van der Waals surface area contributed by atoms with Gasteiger partial charge in [-0.3, -0.25) is 0 Å². The third-order valence-electron chi connectivity index (χ3n) is 4.10. The Hall–Kier alpha value is -1.02. The number of aryl methyl sites for hydroxylation is 2. The molecule has 0 radical (unpaired) electrons. The van der Waals surface area contributed by atoms with E-state index in [1.165, 1.54) is 36.0 Å². The van der Waals surface area contributed by atoms with Crippen molar-refractivity contribution in [1.82, 2.24) is 0 Å². The largest absolute Gasteiger partial charge is 0.392 e. The first-order valence-electron chi connectivity index (χ1n) is 7.34. The van der Waals surface area contributed by atoms with Crippen LogP contribution < -0.4 is 0 Å². The van der Waals surface area contributed by atoms with Crippen molar-refractivity contribution in [3.63, 3.8) is 0 Å². The van der Waals surface area contributed by atoms with Gasteiger partial charge in [-0.2, -0.15) is 0 Å². The topological polar surface area (TPSA) is 20.2 Å². The molecule has 0 saturated carbocycles. The first-order chi connectivity index (χ1) is 10.1. The molecule has 0 aliphatic heterocycles. The summed E-state index contributed by atoms with van der Waals surface area (Å²) < 4.78 is 0. The Morgan fingerprint density at radius 1 is 0.952 bits per heavy atom. The predicted octanol–water partition coefficient (Wildman–Crippen LogP) is 4.63. The lowest BCUT2D eigenvalue weighted by atomic mass is 9.98. The Morgan fingerprint density at radius 3 is 2.57 bits per heavy atom. The quantitative estimate of drug-likeness (QED) is 0.870. The van der Waals surface area contributed by atoms with Crippen molar-refractivity contribution in [3.05, 3.63) is 68.7 Å². The van der Waals surface area contributed by atoms with Crippen molar-refractivity contribution in [1.29, 1.82) is 0 Å². The van der Waals surface area contributed by atoms with E-state index in [0.29, 0.717) is 22.9 Å². The van der Waals surface area contributed by atoms with Gasteiger partial charge in [-0.05, 0) is 60.1 Å². The maximum absolute atomic E-state index is 10.3. The molecule has 0 amide bonds. The van der Waals surface area contributed by atoms with Crippen LogP contribution >= 0.6 is 23.2 Å². The van der Waals surface area contributed by atoms with Crippen molar-refractivity contribution in [2.75, 3.05) is 0 Å². The van der Waals surface area contributed by atoms with Gasteiger partial charge in [0.05, 0.1) is 6.10 Å². The molecule has 0 aromatic heterocycles. The number of aliphatic hydroxyl groups is 1. The Balaban J connectivity index is 1.67. The summed E-state index contributed by atoms with van der Waals surface area (Å²) in [4.78, 5) is 0. The summed E-state index contributed by atoms with van der Waals surface area (Å²) in [5.74, 6) is 0. The van der Waals surface area contributed by atoms with Gasteiger partial charge in [0.1, 0.15) is 0 Å². The van der Waals surface area contributed by atoms with Gasteiger partial charge in [-0.25, -0.2) is 0 Å². The molecule has 1 nitrogen and oxygen atoms in total. The zero-order valence-electron chi connectivity index (χ0n) is 11.8. The van der Waals surface area contributed by atoms with Gasteiger partial charge < -0.3 is 5.11 Å². The van der Waals surface area contributed by atoms with E-state index in [-0.39, 0.29) is 0 Å². The van der Waals surface area contributed by atoms with Crippen molar-refractivity contribution in [2.45, 2.75) is 38.2 Å². The minimum Gasteiger partial charge on any atom is -0.392 e. The van der Waals surface area contributed by atoms with Crippen LogP contribution in [0.4, 0.5) is 0 Å². The first kappa shape index (κ1) is 14.9. The van der Waals surface area contributed by atoms with Crippen LogP contribution in [0, 0.1) is 0 Å². The van der Waals surface area contributed by atoms with E-state index in [1.54, 1.807) is 6.07 Å². The molecule has 1 atom stereocenters. The number of rotatable bonds is 4. The predicted molar refractivity (Wildman–Crippen MR) is 88.3 cm³/mol. The number of aliphatic hydroxyl groups excluding tert-OH is 1. The zero-order valence-corrected chi connectivity index (χ0v) is 13.3. The lowest BCUT2D eigenvalue weighted by Gasteiger charge is -2.13. The fourth-order valence-corrected chi connectivity index (χ4v) is 3.52. The van der Waals surface area contributed by atoms with Crippen LogP contribution in [0.1, 0.15) is 28.7 Å². The standard InChI is InChI=1S/C18H18Cl2O/c19-16-7-6-15(18(20)11-16)10-17(21)9-12-4-5-13-2-1-3-14(13)8-12/h4-8,11,17,21H,1-3,9-10H2. The summed E-state index contributed by atoms with van der Waals surface area (Å²) in [7, 11) is 0. The van der Waals surface area contributed by atoms with E-state index >= 15 is 0 Å². The number of benzene rings is 2. The number of fused-ring (bicyclic) bond motifs is 1. The molecule has 0 spiro atoms. The maximum Gasteiger partial charge on any atom is 0.0621 e. The molecule has 0 bridgehead atoms. The van der Waals surface area contributed by atoms with Gasteiger partial charge in [0.2, 0.25) is 0 Å². The van der Waals surface area contributed by atoms with Gasteiger partial charge in [-0.1, -0.05) is 47.5 Å². The van der Waals surface area contributed by atoms with Crippen LogP contribution in [-0.2, 0) is 25.7 Å². The summed E-state index contributed by atoms with van der Waals surface area (Å²) >= 11 is 12.0. The van der Waals surface area contributed by atoms with Gasteiger partial charge in [0.15, 0.2) is 0 Å². The van der Waals surface area contributed by atoms with Crippen molar-refractivity contribution >= 4 is 23.2 Å². The molecule has 1 N–H and O–H groups in total. The van der Waals surface area contributed by atoms with Crippen molar-refractivity contribution in [3.8, 4) is 0 Å². The second-order valence-corrected chi connectivity index (χ2v) is 6.60. The molecule has 0 fully saturated rings. The third kappa shape index (κ3) is 3.60. The molecular weight excluding hydrogens is 303 g/mol. The van der Waals surface area contributed by atoms with Gasteiger partial charge in [-0.15, -0.1) is 0 Å². The van der Waals surface area contributed by atoms with Crippen molar-refractivity contribution in [2.24, 2.45) is 0 Å². The molecular formula is C18H18Cl2O. The molecule has 3 heteroatoms. The average Bonchev–Trinajstić information content (AvgIpc) is 2.89. The SMILES string of the molecule is OC(Cc1ccc2c(c1)CCC2)Cc1ccc(Cl)cc1Cl. The van der Waals surface area contributed by atoms with Gasteiger partial charge >= 0.3 is 0 Å². The smallest absolute Gasteiger partial charge is 0.0621 e. The molecule has 1 aliphatic carbocycles.